The molecule has 5 heteroatoms. The molecule has 0 spiro atoms. The van der Waals surface area contributed by atoms with Crippen LogP contribution in [0.25, 0.3) is 0 Å². The highest BCUT2D eigenvalue weighted by molar-refractivity contribution is 5.78. The number of hydrogen-bond acceptors (Lipinski definition) is 3. The van der Waals surface area contributed by atoms with E-state index >= 15 is 0 Å². The van der Waals surface area contributed by atoms with Gasteiger partial charge in [-0.15, -0.1) is 0 Å². The van der Waals surface area contributed by atoms with Crippen molar-refractivity contribution in [1.82, 2.24) is 19.4 Å². The number of piperidine rings is 1. The predicted octanol–water partition coefficient (Wildman–Crippen LogP) is 2.31. The zero-order valence-electron chi connectivity index (χ0n) is 14.4. The summed E-state index contributed by atoms with van der Waals surface area (Å²) in [5, 5.41) is 0. The summed E-state index contributed by atoms with van der Waals surface area (Å²) >= 11 is 0. The molecule has 1 aromatic heterocycles. The van der Waals surface area contributed by atoms with Crippen LogP contribution in [0.4, 0.5) is 0 Å². The largest absolute Gasteiger partial charge is 0.342 e. The SMILES string of the molecule is Cc1nccn1CC1CCN(CC(=O)N2CCCCCC2)CC1. The lowest BCUT2D eigenvalue weighted by molar-refractivity contribution is -0.132. The summed E-state index contributed by atoms with van der Waals surface area (Å²) in [6, 6.07) is 0. The van der Waals surface area contributed by atoms with E-state index in [1.807, 2.05) is 6.20 Å². The number of amides is 1. The zero-order valence-corrected chi connectivity index (χ0v) is 14.4. The van der Waals surface area contributed by atoms with Crippen molar-refractivity contribution in [3.63, 3.8) is 0 Å². The fourth-order valence-electron chi connectivity index (χ4n) is 3.81. The summed E-state index contributed by atoms with van der Waals surface area (Å²) in [6.45, 7) is 7.80. The lowest BCUT2D eigenvalue weighted by Gasteiger charge is -2.33. The van der Waals surface area contributed by atoms with Crippen LogP contribution in [0.15, 0.2) is 12.4 Å². The van der Waals surface area contributed by atoms with Crippen LogP contribution in [0.3, 0.4) is 0 Å². The second-order valence-electron chi connectivity index (χ2n) is 7.14. The second-order valence-corrected chi connectivity index (χ2v) is 7.14. The molecule has 0 aliphatic carbocycles. The molecule has 0 unspecified atom stereocenters. The number of aromatic nitrogens is 2. The molecule has 3 heterocycles. The van der Waals surface area contributed by atoms with Crippen LogP contribution >= 0.6 is 0 Å². The molecule has 0 radical (unpaired) electrons. The molecule has 0 saturated carbocycles. The van der Waals surface area contributed by atoms with Gasteiger partial charge in [-0.05, 0) is 51.6 Å². The molecule has 0 N–H and O–H groups in total. The first kappa shape index (κ1) is 16.5. The van der Waals surface area contributed by atoms with Gasteiger partial charge in [-0.1, -0.05) is 12.8 Å². The van der Waals surface area contributed by atoms with E-state index in [9.17, 15) is 4.79 Å². The number of aryl methyl sites for hydroxylation is 1. The van der Waals surface area contributed by atoms with E-state index in [4.69, 9.17) is 0 Å². The highest BCUT2D eigenvalue weighted by atomic mass is 16.2. The molecular formula is C18H30N4O. The second kappa shape index (κ2) is 7.95. The number of hydrogen-bond donors (Lipinski definition) is 0. The van der Waals surface area contributed by atoms with Crippen LogP contribution in [-0.2, 0) is 11.3 Å². The minimum Gasteiger partial charge on any atom is -0.342 e. The average Bonchev–Trinajstić information content (AvgIpc) is 2.80. The highest BCUT2D eigenvalue weighted by Crippen LogP contribution is 2.20. The Balaban J connectivity index is 1.42. The van der Waals surface area contributed by atoms with Crippen LogP contribution in [0, 0.1) is 12.8 Å². The molecule has 0 bridgehead atoms. The molecule has 1 amide bonds. The van der Waals surface area contributed by atoms with Crippen molar-refractivity contribution in [2.24, 2.45) is 5.92 Å². The van der Waals surface area contributed by atoms with Crippen molar-refractivity contribution < 1.29 is 4.79 Å². The minimum absolute atomic E-state index is 0.343. The summed E-state index contributed by atoms with van der Waals surface area (Å²) in [6.07, 6.45) is 11.2. The quantitative estimate of drug-likeness (QED) is 0.855. The fraction of sp³-hybridized carbons (Fsp3) is 0.778. The number of nitrogens with zero attached hydrogens (tertiary/aromatic N) is 4. The third kappa shape index (κ3) is 4.56. The topological polar surface area (TPSA) is 41.4 Å². The number of carbonyl (C=O) groups excluding carboxylic acids is 1. The van der Waals surface area contributed by atoms with Crippen LogP contribution in [0.5, 0.6) is 0 Å². The smallest absolute Gasteiger partial charge is 0.236 e. The summed E-state index contributed by atoms with van der Waals surface area (Å²) in [7, 11) is 0. The van der Waals surface area contributed by atoms with E-state index < -0.39 is 0 Å². The summed E-state index contributed by atoms with van der Waals surface area (Å²) in [4.78, 5) is 21.2. The van der Waals surface area contributed by atoms with Gasteiger partial charge >= 0.3 is 0 Å². The van der Waals surface area contributed by atoms with Crippen LogP contribution in [0.1, 0.15) is 44.3 Å². The van der Waals surface area contributed by atoms with Gasteiger partial charge in [0.1, 0.15) is 5.82 Å². The maximum atomic E-state index is 12.5. The third-order valence-electron chi connectivity index (χ3n) is 5.40. The molecule has 0 atom stereocenters. The number of carbonyl (C=O) groups is 1. The molecule has 2 saturated heterocycles. The van der Waals surface area contributed by atoms with Crippen LogP contribution in [-0.4, -0.2) is 58.0 Å². The Bertz CT molecular complexity index is 497. The van der Waals surface area contributed by atoms with Crippen LogP contribution in [0.2, 0.25) is 0 Å². The Morgan fingerprint density at radius 3 is 2.43 bits per heavy atom. The molecule has 2 aliphatic rings. The van der Waals surface area contributed by atoms with Crippen molar-refractivity contribution >= 4 is 5.91 Å². The maximum Gasteiger partial charge on any atom is 0.236 e. The van der Waals surface area contributed by atoms with E-state index in [0.717, 1.165) is 38.5 Å². The molecule has 2 fully saturated rings. The first-order chi connectivity index (χ1) is 11.2. The van der Waals surface area contributed by atoms with Crippen molar-refractivity contribution in [2.75, 3.05) is 32.7 Å². The first-order valence-corrected chi connectivity index (χ1v) is 9.20. The summed E-state index contributed by atoms with van der Waals surface area (Å²) < 4.78 is 2.25. The lowest BCUT2D eigenvalue weighted by atomic mass is 9.96. The van der Waals surface area contributed by atoms with Gasteiger partial charge in [0.15, 0.2) is 0 Å². The van der Waals surface area contributed by atoms with Gasteiger partial charge in [0.25, 0.3) is 0 Å². The standard InChI is InChI=1S/C18H30N4O/c1-16-19-8-13-22(16)14-17-6-11-20(12-7-17)15-18(23)21-9-4-2-3-5-10-21/h8,13,17H,2-7,9-12,14-15H2,1H3. The van der Waals surface area contributed by atoms with Crippen LogP contribution < -0.4 is 0 Å². The van der Waals surface area contributed by atoms with Gasteiger partial charge < -0.3 is 9.47 Å². The summed E-state index contributed by atoms with van der Waals surface area (Å²) in [5.74, 6) is 2.16. The van der Waals surface area contributed by atoms with E-state index in [1.165, 1.54) is 38.5 Å². The molecular weight excluding hydrogens is 288 g/mol. The monoisotopic (exact) mass is 318 g/mol. The normalized spacial score (nSPS) is 21.3. The van der Waals surface area contributed by atoms with Crippen molar-refractivity contribution in [3.05, 3.63) is 18.2 Å². The fourth-order valence-corrected chi connectivity index (χ4v) is 3.81. The van der Waals surface area contributed by atoms with Gasteiger partial charge in [-0.3, -0.25) is 9.69 Å². The molecule has 0 aromatic carbocycles. The van der Waals surface area contributed by atoms with Crippen molar-refractivity contribution in [3.8, 4) is 0 Å². The van der Waals surface area contributed by atoms with E-state index in [1.54, 1.807) is 0 Å². The number of rotatable bonds is 4. The molecule has 23 heavy (non-hydrogen) atoms. The molecule has 3 rings (SSSR count). The first-order valence-electron chi connectivity index (χ1n) is 9.20. The van der Waals surface area contributed by atoms with Crippen molar-refractivity contribution in [2.45, 2.75) is 52.0 Å². The van der Waals surface area contributed by atoms with E-state index in [0.29, 0.717) is 18.4 Å². The Labute approximate surface area is 139 Å². The van der Waals surface area contributed by atoms with Gasteiger partial charge in [-0.25, -0.2) is 4.98 Å². The van der Waals surface area contributed by atoms with Crippen molar-refractivity contribution in [1.29, 1.82) is 0 Å². The Kier molecular flexibility index (Phi) is 5.70. The predicted molar refractivity (Wildman–Crippen MR) is 91.2 cm³/mol. The third-order valence-corrected chi connectivity index (χ3v) is 5.40. The number of likely N-dealkylation sites (tertiary alicyclic amines) is 2. The highest BCUT2D eigenvalue weighted by Gasteiger charge is 2.23. The molecule has 5 nitrogen and oxygen atoms in total. The Morgan fingerprint density at radius 2 is 1.83 bits per heavy atom. The number of imidazole rings is 1. The Morgan fingerprint density at radius 1 is 1.13 bits per heavy atom. The van der Waals surface area contributed by atoms with Gasteiger partial charge in [-0.2, -0.15) is 0 Å². The lowest BCUT2D eigenvalue weighted by Crippen LogP contribution is -2.44. The van der Waals surface area contributed by atoms with Gasteiger partial charge in [0.2, 0.25) is 5.91 Å². The van der Waals surface area contributed by atoms with E-state index in [2.05, 4.69) is 32.5 Å². The average molecular weight is 318 g/mol. The summed E-state index contributed by atoms with van der Waals surface area (Å²) in [5.41, 5.74) is 0. The molecule has 1 aromatic rings. The molecule has 128 valence electrons. The maximum absolute atomic E-state index is 12.5. The zero-order chi connectivity index (χ0) is 16.1. The Hall–Kier alpha value is -1.36. The molecule has 2 aliphatic heterocycles. The van der Waals surface area contributed by atoms with Gasteiger partial charge in [0.05, 0.1) is 6.54 Å². The van der Waals surface area contributed by atoms with Gasteiger partial charge in [0, 0.05) is 32.0 Å². The minimum atomic E-state index is 0.343. The van der Waals surface area contributed by atoms with E-state index in [-0.39, 0.29) is 0 Å².